The lowest BCUT2D eigenvalue weighted by Crippen LogP contribution is -2.13. The zero-order valence-electron chi connectivity index (χ0n) is 15.7. The molecule has 162 valence electrons. The summed E-state index contributed by atoms with van der Waals surface area (Å²) in [5, 5.41) is -0.106. The van der Waals surface area contributed by atoms with Crippen molar-refractivity contribution in [3.8, 4) is 17.4 Å². The predicted molar refractivity (Wildman–Crippen MR) is 103 cm³/mol. The Morgan fingerprint density at radius 3 is 2.52 bits per heavy atom. The van der Waals surface area contributed by atoms with E-state index in [0.29, 0.717) is 6.07 Å². The summed E-state index contributed by atoms with van der Waals surface area (Å²) < 4.78 is 63.8. The van der Waals surface area contributed by atoms with Crippen molar-refractivity contribution < 1.29 is 27.0 Å². The molecule has 2 aromatic heterocycles. The average molecular weight is 457 g/mol. The van der Waals surface area contributed by atoms with Crippen LogP contribution in [0.3, 0.4) is 0 Å². The molecule has 3 aromatic rings. The van der Waals surface area contributed by atoms with Gasteiger partial charge in [0.15, 0.2) is 11.2 Å². The van der Waals surface area contributed by atoms with Crippen LogP contribution in [-0.2, 0) is 12.6 Å². The molecule has 0 aliphatic rings. The molecule has 0 spiro atoms. The van der Waals surface area contributed by atoms with Crippen LogP contribution in [0.5, 0.6) is 17.4 Å². The highest BCUT2D eigenvalue weighted by molar-refractivity contribution is 6.32. The molecule has 11 heteroatoms. The van der Waals surface area contributed by atoms with Crippen molar-refractivity contribution in [2.75, 3.05) is 7.11 Å². The van der Waals surface area contributed by atoms with Crippen LogP contribution in [0.2, 0.25) is 5.02 Å². The van der Waals surface area contributed by atoms with Crippen LogP contribution < -0.4 is 20.5 Å². The van der Waals surface area contributed by atoms with Gasteiger partial charge in [-0.3, -0.25) is 9.59 Å². The molecular weight excluding hydrogens is 444 g/mol. The van der Waals surface area contributed by atoms with Crippen LogP contribution in [0, 0.1) is 5.82 Å². The number of alkyl halides is 3. The van der Waals surface area contributed by atoms with E-state index >= 15 is 0 Å². The Bertz CT molecular complexity index is 1250. The maximum Gasteiger partial charge on any atom is 0.431 e. The minimum atomic E-state index is -4.93. The molecular formula is C20H13ClF4N2O4. The number of benzene rings is 1. The van der Waals surface area contributed by atoms with Crippen molar-refractivity contribution in [3.63, 3.8) is 0 Å². The van der Waals surface area contributed by atoms with Crippen molar-refractivity contribution in [2.24, 2.45) is 0 Å². The summed E-state index contributed by atoms with van der Waals surface area (Å²) in [6, 6.07) is 6.13. The first-order valence-electron chi connectivity index (χ1n) is 8.58. The number of ether oxygens (including phenoxy) is 2. The van der Waals surface area contributed by atoms with Crippen LogP contribution in [0.4, 0.5) is 17.6 Å². The second-order valence-electron chi connectivity index (χ2n) is 6.24. The van der Waals surface area contributed by atoms with Crippen LogP contribution in [0.1, 0.15) is 16.8 Å². The van der Waals surface area contributed by atoms with Gasteiger partial charge in [0.1, 0.15) is 17.3 Å². The van der Waals surface area contributed by atoms with Gasteiger partial charge in [-0.25, -0.2) is 9.37 Å². The Balaban J connectivity index is 2.02. The first-order valence-corrected chi connectivity index (χ1v) is 8.96. The maximum absolute atomic E-state index is 14.4. The predicted octanol–water partition coefficient (Wildman–Crippen LogP) is 4.33. The van der Waals surface area contributed by atoms with Crippen molar-refractivity contribution in [1.29, 1.82) is 0 Å². The number of nitrogens with one attached hydrogen (secondary N) is 1. The third-order valence-corrected chi connectivity index (χ3v) is 4.39. The van der Waals surface area contributed by atoms with Crippen molar-refractivity contribution >= 4 is 11.6 Å². The van der Waals surface area contributed by atoms with Gasteiger partial charge in [-0.15, -0.1) is 0 Å². The lowest BCUT2D eigenvalue weighted by molar-refractivity contribution is -0.141. The highest BCUT2D eigenvalue weighted by atomic mass is 35.5. The molecule has 0 saturated carbocycles. The Morgan fingerprint density at radius 2 is 1.84 bits per heavy atom. The maximum atomic E-state index is 14.4. The number of pyridine rings is 1. The molecule has 0 amide bonds. The van der Waals surface area contributed by atoms with Gasteiger partial charge in [0.05, 0.1) is 12.1 Å². The van der Waals surface area contributed by atoms with Gasteiger partial charge in [0.25, 0.3) is 5.88 Å². The Morgan fingerprint density at radius 1 is 1.10 bits per heavy atom. The van der Waals surface area contributed by atoms with Gasteiger partial charge in [-0.1, -0.05) is 11.6 Å². The quantitative estimate of drug-likeness (QED) is 0.578. The summed E-state index contributed by atoms with van der Waals surface area (Å²) in [4.78, 5) is 29.5. The molecule has 0 unspecified atom stereocenters. The van der Waals surface area contributed by atoms with Crippen molar-refractivity contribution in [1.82, 2.24) is 9.97 Å². The number of H-pyrrole nitrogens is 1. The number of nitrogens with zero attached hydrogens (tertiary/aromatic N) is 1. The fraction of sp³-hybridized carbons (Fsp3) is 0.150. The number of hydrogen-bond acceptors (Lipinski definition) is 5. The van der Waals surface area contributed by atoms with E-state index < -0.39 is 35.1 Å². The fourth-order valence-electron chi connectivity index (χ4n) is 2.66. The molecule has 0 aliphatic heterocycles. The summed E-state index contributed by atoms with van der Waals surface area (Å²) in [7, 11) is 1.37. The highest BCUT2D eigenvalue weighted by Gasteiger charge is 2.32. The van der Waals surface area contributed by atoms with E-state index in [4.69, 9.17) is 21.1 Å². The van der Waals surface area contributed by atoms with E-state index in [0.717, 1.165) is 6.07 Å². The van der Waals surface area contributed by atoms with E-state index in [9.17, 15) is 27.2 Å². The molecule has 31 heavy (non-hydrogen) atoms. The van der Waals surface area contributed by atoms with Gasteiger partial charge in [-0.2, -0.15) is 13.2 Å². The molecule has 3 rings (SSSR count). The molecule has 0 radical (unpaired) electrons. The first-order chi connectivity index (χ1) is 14.6. The zero-order valence-corrected chi connectivity index (χ0v) is 16.5. The van der Waals surface area contributed by atoms with Crippen LogP contribution in [-0.4, -0.2) is 17.1 Å². The number of aromatic amines is 1. The SMILES string of the molecule is COc1ncccc1Oc1cc(Cc2cc(=O)[nH]c(C(F)(F)F)cc2=O)c(F)cc1Cl. The highest BCUT2D eigenvalue weighted by Crippen LogP contribution is 2.35. The molecule has 1 N–H and O–H groups in total. The van der Waals surface area contributed by atoms with Crippen molar-refractivity contribution in [3.05, 3.63) is 90.8 Å². The van der Waals surface area contributed by atoms with E-state index in [2.05, 4.69) is 4.98 Å². The van der Waals surface area contributed by atoms with Gasteiger partial charge in [-0.05, 0) is 29.8 Å². The molecule has 0 bridgehead atoms. The molecule has 1 aromatic carbocycles. The molecule has 0 atom stereocenters. The second kappa shape index (κ2) is 8.76. The second-order valence-corrected chi connectivity index (χ2v) is 6.65. The Hall–Kier alpha value is -3.40. The van der Waals surface area contributed by atoms with Gasteiger partial charge >= 0.3 is 6.18 Å². The zero-order chi connectivity index (χ0) is 22.8. The molecule has 0 saturated heterocycles. The van der Waals surface area contributed by atoms with E-state index in [-0.39, 0.29) is 39.6 Å². The topological polar surface area (TPSA) is 81.3 Å². The summed E-state index contributed by atoms with van der Waals surface area (Å²) >= 11 is 6.03. The normalized spacial score (nSPS) is 11.3. The van der Waals surface area contributed by atoms with Gasteiger partial charge in [0, 0.05) is 30.3 Å². The number of rotatable bonds is 5. The minimum Gasteiger partial charge on any atom is -0.478 e. The van der Waals surface area contributed by atoms with Gasteiger partial charge in [0.2, 0.25) is 5.56 Å². The molecule has 2 heterocycles. The number of hydrogen-bond donors (Lipinski definition) is 1. The average Bonchev–Trinajstić information content (AvgIpc) is 2.84. The standard InChI is InChI=1S/C20H13ClF4N2O4/c1-30-19-15(3-2-4-26-19)31-16-6-10(13(22)8-12(16)21)5-11-7-18(29)27-17(9-14(11)28)20(23,24)25/h2-4,6-9H,5H2,1H3,(H,27,29). The minimum absolute atomic E-state index is 0.0120. The number of halogens is 5. The Labute approximate surface area is 177 Å². The third-order valence-electron chi connectivity index (χ3n) is 4.09. The largest absolute Gasteiger partial charge is 0.478 e. The number of methoxy groups -OCH3 is 1. The summed E-state index contributed by atoms with van der Waals surface area (Å²) in [6.45, 7) is 0. The first kappa shape index (κ1) is 22.3. The lowest BCUT2D eigenvalue weighted by Gasteiger charge is -2.12. The van der Waals surface area contributed by atoms with E-state index in [1.54, 1.807) is 11.1 Å². The van der Waals surface area contributed by atoms with E-state index in [1.807, 2.05) is 0 Å². The van der Waals surface area contributed by atoms with Crippen LogP contribution >= 0.6 is 11.6 Å². The molecule has 0 fully saturated rings. The Kier molecular flexibility index (Phi) is 6.30. The number of aromatic nitrogens is 2. The van der Waals surface area contributed by atoms with Crippen LogP contribution in [0.15, 0.2) is 52.2 Å². The lowest BCUT2D eigenvalue weighted by atomic mass is 10.0. The fourth-order valence-corrected chi connectivity index (χ4v) is 2.85. The van der Waals surface area contributed by atoms with Crippen molar-refractivity contribution in [2.45, 2.75) is 12.6 Å². The van der Waals surface area contributed by atoms with Gasteiger partial charge < -0.3 is 14.5 Å². The van der Waals surface area contributed by atoms with Crippen LogP contribution in [0.25, 0.3) is 0 Å². The molecule has 6 nitrogen and oxygen atoms in total. The smallest absolute Gasteiger partial charge is 0.431 e. The van der Waals surface area contributed by atoms with E-state index in [1.165, 1.54) is 25.4 Å². The third kappa shape index (κ3) is 5.21. The monoisotopic (exact) mass is 456 g/mol. The summed E-state index contributed by atoms with van der Waals surface area (Å²) in [6.07, 6.45) is -3.94. The molecule has 0 aliphatic carbocycles. The summed E-state index contributed by atoms with van der Waals surface area (Å²) in [5.74, 6) is -0.546. The summed E-state index contributed by atoms with van der Waals surface area (Å²) in [5.41, 5.74) is -4.22.